The highest BCUT2D eigenvalue weighted by Crippen LogP contribution is 2.31. The van der Waals surface area contributed by atoms with Crippen LogP contribution in [0.15, 0.2) is 77.9 Å². The lowest BCUT2D eigenvalue weighted by Crippen LogP contribution is -2.22. The average Bonchev–Trinajstić information content (AvgIpc) is 2.99. The van der Waals surface area contributed by atoms with E-state index in [1.807, 2.05) is 54.6 Å². The van der Waals surface area contributed by atoms with Crippen LogP contribution in [0.2, 0.25) is 0 Å². The number of fused-ring (bicyclic) bond motifs is 1. The van der Waals surface area contributed by atoms with Gasteiger partial charge in [0.2, 0.25) is 5.78 Å². The Morgan fingerprint density at radius 2 is 1.46 bits per heavy atom. The maximum absolute atomic E-state index is 12.7. The number of carbonyl (C=O) groups is 2. The molecule has 0 aliphatic heterocycles. The molecule has 0 atom stereocenters. The zero-order valence-corrected chi connectivity index (χ0v) is 14.6. The fraction of sp³-hybridized carbons (Fsp3) is 0. The Labute approximate surface area is 159 Å². The third kappa shape index (κ3) is 2.37. The van der Waals surface area contributed by atoms with Crippen LogP contribution in [0.5, 0.6) is 5.75 Å². The summed E-state index contributed by atoms with van der Waals surface area (Å²) in [7, 11) is 0. The normalized spacial score (nSPS) is 14.1. The van der Waals surface area contributed by atoms with Gasteiger partial charge in [-0.15, -0.1) is 0 Å². The number of nitrogens with one attached hydrogen (secondary N) is 1. The molecule has 0 aromatic heterocycles. The van der Waals surface area contributed by atoms with Crippen LogP contribution in [0.1, 0.15) is 26.3 Å². The summed E-state index contributed by atoms with van der Waals surface area (Å²) in [5, 5.41) is 17.8. The molecular weight excluding hydrogens is 352 g/mol. The van der Waals surface area contributed by atoms with Crippen molar-refractivity contribution in [1.82, 2.24) is 5.43 Å². The number of benzene rings is 4. The molecule has 0 saturated heterocycles. The zero-order valence-electron chi connectivity index (χ0n) is 14.6. The molecule has 5 nitrogen and oxygen atoms in total. The minimum atomic E-state index is -0.577. The van der Waals surface area contributed by atoms with E-state index in [0.29, 0.717) is 11.1 Å². The molecule has 4 aromatic carbocycles. The van der Waals surface area contributed by atoms with Crippen molar-refractivity contribution in [2.45, 2.75) is 0 Å². The van der Waals surface area contributed by atoms with Crippen molar-refractivity contribution in [2.24, 2.45) is 5.10 Å². The summed E-state index contributed by atoms with van der Waals surface area (Å²) in [6.07, 6.45) is 0. The van der Waals surface area contributed by atoms with Crippen LogP contribution in [0.25, 0.3) is 21.5 Å². The van der Waals surface area contributed by atoms with E-state index in [1.165, 1.54) is 6.07 Å². The highest BCUT2D eigenvalue weighted by Gasteiger charge is 2.29. The van der Waals surface area contributed by atoms with Crippen LogP contribution in [0, 0.1) is 0 Å². The molecule has 1 aliphatic carbocycles. The van der Waals surface area contributed by atoms with E-state index in [9.17, 15) is 14.7 Å². The number of amides is 1. The number of nitrogens with zero attached hydrogens (tertiary/aromatic N) is 1. The molecule has 0 spiro atoms. The second-order valence-corrected chi connectivity index (χ2v) is 6.66. The van der Waals surface area contributed by atoms with Crippen LogP contribution in [0.4, 0.5) is 0 Å². The Bertz CT molecular complexity index is 1330. The van der Waals surface area contributed by atoms with Crippen molar-refractivity contribution in [3.63, 3.8) is 0 Å². The molecule has 5 rings (SSSR count). The first-order chi connectivity index (χ1) is 13.6. The van der Waals surface area contributed by atoms with E-state index in [1.54, 1.807) is 12.1 Å². The molecule has 1 aliphatic rings. The molecule has 5 heteroatoms. The summed E-state index contributed by atoms with van der Waals surface area (Å²) in [6.45, 7) is 0. The van der Waals surface area contributed by atoms with E-state index in [2.05, 4.69) is 10.5 Å². The first-order valence-corrected chi connectivity index (χ1v) is 8.80. The summed E-state index contributed by atoms with van der Waals surface area (Å²) in [5.74, 6) is -0.943. The predicted octanol–water partition coefficient (Wildman–Crippen LogP) is 4.03. The molecule has 4 aromatic rings. The summed E-state index contributed by atoms with van der Waals surface area (Å²) in [6, 6.07) is 21.7. The molecule has 0 bridgehead atoms. The molecule has 1 amide bonds. The SMILES string of the molecule is O=C(N/N=C1\C(=O)c2cccc3cccc1c23)c1cc2ccccc2cc1O. The number of hydrazone groups is 1. The van der Waals surface area contributed by atoms with E-state index >= 15 is 0 Å². The van der Waals surface area contributed by atoms with E-state index in [-0.39, 0.29) is 22.8 Å². The van der Waals surface area contributed by atoms with Gasteiger partial charge in [0.25, 0.3) is 5.91 Å². The van der Waals surface area contributed by atoms with Crippen molar-refractivity contribution < 1.29 is 14.7 Å². The lowest BCUT2D eigenvalue weighted by molar-refractivity contribution is 0.0952. The van der Waals surface area contributed by atoms with Gasteiger partial charge in [0.05, 0.1) is 5.56 Å². The number of Topliss-reactive ketones (excluding diaryl/α,β-unsaturated/α-hetero) is 1. The maximum atomic E-state index is 12.7. The third-order valence-electron chi connectivity index (χ3n) is 5.00. The van der Waals surface area contributed by atoms with Gasteiger partial charge in [-0.3, -0.25) is 9.59 Å². The highest BCUT2D eigenvalue weighted by molar-refractivity contribution is 6.59. The quantitative estimate of drug-likeness (QED) is 0.526. The van der Waals surface area contributed by atoms with E-state index in [0.717, 1.165) is 21.5 Å². The number of ketones is 1. The van der Waals surface area contributed by atoms with E-state index < -0.39 is 5.91 Å². The summed E-state index contributed by atoms with van der Waals surface area (Å²) < 4.78 is 0. The molecule has 0 fully saturated rings. The lowest BCUT2D eigenvalue weighted by Gasteiger charge is -2.06. The molecule has 0 saturated carbocycles. The monoisotopic (exact) mass is 366 g/mol. The Morgan fingerprint density at radius 1 is 0.821 bits per heavy atom. The minimum absolute atomic E-state index is 0.101. The minimum Gasteiger partial charge on any atom is -0.507 e. The molecule has 28 heavy (non-hydrogen) atoms. The summed E-state index contributed by atoms with van der Waals surface area (Å²) in [4.78, 5) is 25.3. The second kappa shape index (κ2) is 6.03. The van der Waals surface area contributed by atoms with Crippen molar-refractivity contribution in [1.29, 1.82) is 0 Å². The zero-order chi connectivity index (χ0) is 19.3. The molecule has 0 radical (unpaired) electrons. The number of carbonyl (C=O) groups excluding carboxylic acids is 2. The van der Waals surface area contributed by atoms with Crippen LogP contribution in [-0.4, -0.2) is 22.5 Å². The Kier molecular flexibility index (Phi) is 3.49. The first kappa shape index (κ1) is 16.2. The van der Waals surface area contributed by atoms with Gasteiger partial charge in [-0.1, -0.05) is 60.7 Å². The van der Waals surface area contributed by atoms with Gasteiger partial charge >= 0.3 is 0 Å². The van der Waals surface area contributed by atoms with Crippen molar-refractivity contribution >= 4 is 38.9 Å². The molecule has 0 unspecified atom stereocenters. The van der Waals surface area contributed by atoms with Gasteiger partial charge in [0, 0.05) is 16.5 Å². The molecular formula is C23H14N2O3. The largest absolute Gasteiger partial charge is 0.507 e. The van der Waals surface area contributed by atoms with Gasteiger partial charge < -0.3 is 5.11 Å². The lowest BCUT2D eigenvalue weighted by atomic mass is 10.1. The second-order valence-electron chi connectivity index (χ2n) is 6.66. The van der Waals surface area contributed by atoms with Gasteiger partial charge in [-0.05, 0) is 28.3 Å². The standard InChI is InChI=1S/C23H14N2O3/c26-19-12-15-6-2-1-5-14(15)11-18(19)23(28)25-24-21-16-9-3-7-13-8-4-10-17(20(13)16)22(21)27/h1-12,26H,(H,25,28)/b24-21-. The van der Waals surface area contributed by atoms with Crippen LogP contribution in [0.3, 0.4) is 0 Å². The van der Waals surface area contributed by atoms with E-state index in [4.69, 9.17) is 0 Å². The van der Waals surface area contributed by atoms with Gasteiger partial charge in [-0.2, -0.15) is 5.10 Å². The fourth-order valence-corrected chi connectivity index (χ4v) is 3.67. The Hall–Kier alpha value is -3.99. The number of aromatic hydroxyl groups is 1. The topological polar surface area (TPSA) is 78.8 Å². The predicted molar refractivity (Wildman–Crippen MR) is 108 cm³/mol. The van der Waals surface area contributed by atoms with Crippen LogP contribution in [-0.2, 0) is 0 Å². The number of phenolic OH excluding ortho intramolecular Hbond substituents is 1. The van der Waals surface area contributed by atoms with Gasteiger partial charge in [0.15, 0.2) is 0 Å². The number of rotatable bonds is 2. The molecule has 2 N–H and O–H groups in total. The molecule has 134 valence electrons. The Balaban J connectivity index is 1.52. The van der Waals surface area contributed by atoms with Crippen molar-refractivity contribution in [2.75, 3.05) is 0 Å². The number of hydrogen-bond acceptors (Lipinski definition) is 4. The number of hydrogen-bond donors (Lipinski definition) is 2. The van der Waals surface area contributed by atoms with Gasteiger partial charge in [0.1, 0.15) is 11.5 Å². The smallest absolute Gasteiger partial charge is 0.275 e. The van der Waals surface area contributed by atoms with Crippen molar-refractivity contribution in [3.8, 4) is 5.75 Å². The first-order valence-electron chi connectivity index (χ1n) is 8.80. The number of phenols is 1. The molecule has 0 heterocycles. The van der Waals surface area contributed by atoms with Crippen LogP contribution >= 0.6 is 0 Å². The summed E-state index contributed by atoms with van der Waals surface area (Å²) >= 11 is 0. The Morgan fingerprint density at radius 3 is 2.21 bits per heavy atom. The maximum Gasteiger partial charge on any atom is 0.275 e. The van der Waals surface area contributed by atoms with Gasteiger partial charge in [-0.25, -0.2) is 5.43 Å². The van der Waals surface area contributed by atoms with Crippen molar-refractivity contribution in [3.05, 3.63) is 89.5 Å². The average molecular weight is 366 g/mol. The fourth-order valence-electron chi connectivity index (χ4n) is 3.67. The summed E-state index contributed by atoms with van der Waals surface area (Å²) in [5.41, 5.74) is 3.99. The highest BCUT2D eigenvalue weighted by atomic mass is 16.3. The third-order valence-corrected chi connectivity index (χ3v) is 5.00. The van der Waals surface area contributed by atoms with Crippen LogP contribution < -0.4 is 5.43 Å².